The van der Waals surface area contributed by atoms with Crippen LogP contribution in [0.5, 0.6) is 0 Å². The van der Waals surface area contributed by atoms with E-state index >= 15 is 0 Å². The average molecular weight is 240 g/mol. The van der Waals surface area contributed by atoms with E-state index in [1.54, 1.807) is 19.9 Å². The van der Waals surface area contributed by atoms with Crippen molar-refractivity contribution >= 4 is 9.84 Å². The van der Waals surface area contributed by atoms with E-state index in [1.807, 2.05) is 12.1 Å². The van der Waals surface area contributed by atoms with Crippen molar-refractivity contribution < 1.29 is 13.5 Å². The van der Waals surface area contributed by atoms with Gasteiger partial charge in [0.25, 0.3) is 0 Å². The van der Waals surface area contributed by atoms with Gasteiger partial charge in [-0.1, -0.05) is 12.1 Å². The zero-order valence-corrected chi connectivity index (χ0v) is 10.3. The second kappa shape index (κ2) is 3.86. The van der Waals surface area contributed by atoms with Crippen LogP contribution in [0.15, 0.2) is 23.1 Å². The summed E-state index contributed by atoms with van der Waals surface area (Å²) in [7, 11) is -3.12. The highest BCUT2D eigenvalue weighted by atomic mass is 32.2. The van der Waals surface area contributed by atoms with E-state index in [9.17, 15) is 13.5 Å². The normalized spacial score (nSPS) is 24.1. The van der Waals surface area contributed by atoms with Gasteiger partial charge in [-0.05, 0) is 43.9 Å². The fourth-order valence-corrected chi connectivity index (χ4v) is 3.80. The van der Waals surface area contributed by atoms with Gasteiger partial charge in [-0.3, -0.25) is 0 Å². The number of aliphatic hydroxyl groups excluding tert-OH is 1. The molecule has 2 atom stereocenters. The molecule has 1 N–H and O–H groups in total. The zero-order chi connectivity index (χ0) is 11.9. The van der Waals surface area contributed by atoms with E-state index < -0.39 is 15.9 Å². The van der Waals surface area contributed by atoms with E-state index in [0.717, 1.165) is 11.1 Å². The summed E-state index contributed by atoms with van der Waals surface area (Å²) in [5.74, 6) is 0. The molecule has 1 aliphatic rings. The van der Waals surface area contributed by atoms with Crippen molar-refractivity contribution in [3.8, 4) is 0 Å². The Hall–Kier alpha value is -0.870. The summed E-state index contributed by atoms with van der Waals surface area (Å²) in [4.78, 5) is 0.457. The van der Waals surface area contributed by atoms with Gasteiger partial charge < -0.3 is 5.11 Å². The minimum absolute atomic E-state index is 0.315. The number of benzene rings is 1. The Morgan fingerprint density at radius 2 is 2.19 bits per heavy atom. The first-order valence-corrected chi connectivity index (χ1v) is 6.99. The first-order valence-electron chi connectivity index (χ1n) is 5.45. The van der Waals surface area contributed by atoms with E-state index in [4.69, 9.17) is 0 Å². The third-order valence-corrected chi connectivity index (χ3v) is 5.23. The summed E-state index contributed by atoms with van der Waals surface area (Å²) in [5, 5.41) is 8.97. The Morgan fingerprint density at radius 3 is 2.81 bits per heavy atom. The SMILES string of the molecule is CC(O)Cc1ccc2c(c1)S(=O)(=O)C(C)C2. The number of hydrogen-bond acceptors (Lipinski definition) is 3. The molecule has 1 aliphatic heterocycles. The molecule has 0 fully saturated rings. The molecule has 1 heterocycles. The Morgan fingerprint density at radius 1 is 1.50 bits per heavy atom. The van der Waals surface area contributed by atoms with Crippen LogP contribution in [0, 0.1) is 0 Å². The monoisotopic (exact) mass is 240 g/mol. The first-order chi connectivity index (χ1) is 7.41. The van der Waals surface area contributed by atoms with Gasteiger partial charge in [0, 0.05) is 0 Å². The van der Waals surface area contributed by atoms with Crippen molar-refractivity contribution in [2.45, 2.75) is 42.9 Å². The Labute approximate surface area is 96.0 Å². The Kier molecular flexibility index (Phi) is 2.80. The quantitative estimate of drug-likeness (QED) is 0.848. The van der Waals surface area contributed by atoms with Gasteiger partial charge in [0.2, 0.25) is 0 Å². The van der Waals surface area contributed by atoms with Crippen molar-refractivity contribution in [1.82, 2.24) is 0 Å². The van der Waals surface area contributed by atoms with E-state index in [2.05, 4.69) is 0 Å². The van der Waals surface area contributed by atoms with E-state index in [1.165, 1.54) is 0 Å². The molecule has 3 nitrogen and oxygen atoms in total. The molecule has 0 saturated heterocycles. The molecule has 0 bridgehead atoms. The summed E-state index contributed by atoms with van der Waals surface area (Å²) in [6.07, 6.45) is 0.656. The van der Waals surface area contributed by atoms with Crippen LogP contribution in [0.4, 0.5) is 0 Å². The third kappa shape index (κ3) is 1.87. The second-order valence-electron chi connectivity index (χ2n) is 4.55. The van der Waals surface area contributed by atoms with Crippen LogP contribution in [0.1, 0.15) is 25.0 Å². The van der Waals surface area contributed by atoms with E-state index in [0.29, 0.717) is 17.7 Å². The highest BCUT2D eigenvalue weighted by Gasteiger charge is 2.33. The third-order valence-electron chi connectivity index (χ3n) is 3.01. The molecule has 2 unspecified atom stereocenters. The summed E-state index contributed by atoms with van der Waals surface area (Å²) >= 11 is 0. The summed E-state index contributed by atoms with van der Waals surface area (Å²) in [5.41, 5.74) is 1.79. The molecule has 0 saturated carbocycles. The van der Waals surface area contributed by atoms with Crippen molar-refractivity contribution in [2.75, 3.05) is 0 Å². The van der Waals surface area contributed by atoms with Crippen LogP contribution in [0.3, 0.4) is 0 Å². The zero-order valence-electron chi connectivity index (χ0n) is 9.47. The standard InChI is InChI=1S/C12H16O3S/c1-8(13)5-10-3-4-11-6-9(2)16(14,15)12(11)7-10/h3-4,7-9,13H,5-6H2,1-2H3. The Bertz CT molecular complexity index is 503. The fourth-order valence-electron chi connectivity index (χ4n) is 2.14. The molecule has 16 heavy (non-hydrogen) atoms. The molecule has 0 aliphatic carbocycles. The van der Waals surface area contributed by atoms with Crippen LogP contribution < -0.4 is 0 Å². The van der Waals surface area contributed by atoms with Crippen molar-refractivity contribution in [3.05, 3.63) is 29.3 Å². The molecule has 88 valence electrons. The van der Waals surface area contributed by atoms with Gasteiger partial charge in [-0.2, -0.15) is 0 Å². The van der Waals surface area contributed by atoms with Crippen molar-refractivity contribution in [3.63, 3.8) is 0 Å². The highest BCUT2D eigenvalue weighted by molar-refractivity contribution is 7.92. The van der Waals surface area contributed by atoms with Crippen LogP contribution in [-0.2, 0) is 22.7 Å². The smallest absolute Gasteiger partial charge is 0.181 e. The fraction of sp³-hybridized carbons (Fsp3) is 0.500. The van der Waals surface area contributed by atoms with Gasteiger partial charge >= 0.3 is 0 Å². The van der Waals surface area contributed by atoms with E-state index in [-0.39, 0.29) is 5.25 Å². The number of aliphatic hydroxyl groups is 1. The highest BCUT2D eigenvalue weighted by Crippen LogP contribution is 2.31. The molecule has 1 aromatic carbocycles. The predicted molar refractivity (Wildman–Crippen MR) is 62.2 cm³/mol. The number of fused-ring (bicyclic) bond motifs is 1. The molecular weight excluding hydrogens is 224 g/mol. The lowest BCUT2D eigenvalue weighted by Gasteiger charge is -2.06. The van der Waals surface area contributed by atoms with Crippen LogP contribution in [-0.4, -0.2) is 24.9 Å². The molecule has 0 radical (unpaired) electrons. The molecule has 2 rings (SSSR count). The van der Waals surface area contributed by atoms with Crippen LogP contribution in [0.2, 0.25) is 0 Å². The van der Waals surface area contributed by atoms with Gasteiger partial charge in [-0.15, -0.1) is 0 Å². The van der Waals surface area contributed by atoms with Crippen molar-refractivity contribution in [2.24, 2.45) is 0 Å². The van der Waals surface area contributed by atoms with Gasteiger partial charge in [0.05, 0.1) is 16.2 Å². The maximum Gasteiger partial charge on any atom is 0.181 e. The largest absolute Gasteiger partial charge is 0.393 e. The summed E-state index contributed by atoms with van der Waals surface area (Å²) in [6, 6.07) is 5.48. The molecule has 0 spiro atoms. The van der Waals surface area contributed by atoms with Crippen LogP contribution in [0.25, 0.3) is 0 Å². The lowest BCUT2D eigenvalue weighted by molar-refractivity contribution is 0.195. The first kappa shape index (κ1) is 11.6. The lowest BCUT2D eigenvalue weighted by Crippen LogP contribution is -2.11. The van der Waals surface area contributed by atoms with Crippen LogP contribution >= 0.6 is 0 Å². The van der Waals surface area contributed by atoms with Gasteiger partial charge in [0.15, 0.2) is 9.84 Å². The second-order valence-corrected chi connectivity index (χ2v) is 6.89. The predicted octanol–water partition coefficient (Wildman–Crippen LogP) is 1.33. The summed E-state index contributed by atoms with van der Waals surface area (Å²) < 4.78 is 23.9. The number of rotatable bonds is 2. The maximum atomic E-state index is 12.0. The molecule has 1 aromatic rings. The molecule has 4 heteroatoms. The Balaban J connectivity index is 2.44. The molecular formula is C12H16O3S. The lowest BCUT2D eigenvalue weighted by atomic mass is 10.0. The maximum absolute atomic E-state index is 12.0. The minimum Gasteiger partial charge on any atom is -0.393 e. The van der Waals surface area contributed by atoms with Crippen molar-refractivity contribution in [1.29, 1.82) is 0 Å². The minimum atomic E-state index is -3.12. The molecule has 0 amide bonds. The molecule has 0 aromatic heterocycles. The number of hydrogen-bond donors (Lipinski definition) is 1. The topological polar surface area (TPSA) is 54.4 Å². The van der Waals surface area contributed by atoms with Gasteiger partial charge in [-0.25, -0.2) is 8.42 Å². The average Bonchev–Trinajstić information content (AvgIpc) is 2.39. The number of sulfone groups is 1. The van der Waals surface area contributed by atoms with Gasteiger partial charge in [0.1, 0.15) is 0 Å². The summed E-state index contributed by atoms with van der Waals surface area (Å²) in [6.45, 7) is 3.44.